The van der Waals surface area contributed by atoms with Gasteiger partial charge in [-0.25, -0.2) is 9.59 Å². The quantitative estimate of drug-likeness (QED) is 0.152. The fraction of sp³-hybridized carbons (Fsp3) is 0.800. The Kier molecular flexibility index (Phi) is 4.24. The van der Waals surface area contributed by atoms with Crippen LogP contribution >= 0.6 is 0 Å². The number of rotatable bonds is 2. The van der Waals surface area contributed by atoms with Crippen molar-refractivity contribution in [3.05, 3.63) is 12.2 Å². The first-order valence-corrected chi connectivity index (χ1v) is 14.9. The lowest BCUT2D eigenvalue weighted by molar-refractivity contribution is -0.223. The molecule has 6 aliphatic heterocycles. The van der Waals surface area contributed by atoms with Crippen LogP contribution in [0.5, 0.6) is 0 Å². The third-order valence-corrected chi connectivity index (χ3v) is 13.4. The molecule has 0 aromatic carbocycles. The first-order chi connectivity index (χ1) is 19.9. The van der Waals surface area contributed by atoms with E-state index in [9.17, 15) is 34.5 Å². The SMILES string of the molecule is C=C(C)[C@@H]1[C@@H]2OC(=O)[C@H]1[C@]1(O)C[C@H]3O[C@]34C(=O)O[C@H]2C14C.CC(C)(O)[C@@H]1[C@@H]2OC(=O)[C@H]1[C@]1(O)C[C@H]3O[C@]34C(=O)O[C@H]2C14C. The summed E-state index contributed by atoms with van der Waals surface area (Å²) in [5.41, 5.74) is -7.49. The molecule has 4 aliphatic carbocycles. The summed E-state index contributed by atoms with van der Waals surface area (Å²) < 4.78 is 33.2. The van der Waals surface area contributed by atoms with Gasteiger partial charge in [-0.15, -0.1) is 0 Å². The van der Waals surface area contributed by atoms with Gasteiger partial charge in [0.1, 0.15) is 24.4 Å². The largest absolute Gasteiger partial charge is 0.458 e. The summed E-state index contributed by atoms with van der Waals surface area (Å²) in [4.78, 5) is 49.4. The van der Waals surface area contributed by atoms with Crippen molar-refractivity contribution in [2.45, 2.75) is 112 Å². The van der Waals surface area contributed by atoms with Gasteiger partial charge < -0.3 is 43.7 Å². The Hall–Kier alpha value is -2.58. The summed E-state index contributed by atoms with van der Waals surface area (Å²) in [7, 11) is 0. The fourth-order valence-corrected chi connectivity index (χ4v) is 11.4. The van der Waals surface area contributed by atoms with Gasteiger partial charge in [0.25, 0.3) is 0 Å². The van der Waals surface area contributed by atoms with Crippen LogP contribution in [-0.4, -0.2) is 104 Å². The van der Waals surface area contributed by atoms with E-state index < -0.39 is 111 Å². The van der Waals surface area contributed by atoms with E-state index in [-0.39, 0.29) is 24.9 Å². The average molecular weight is 603 g/mol. The Morgan fingerprint density at radius 3 is 1.72 bits per heavy atom. The Labute approximate surface area is 245 Å². The van der Waals surface area contributed by atoms with Gasteiger partial charge in [0, 0.05) is 24.7 Å². The van der Waals surface area contributed by atoms with Crippen LogP contribution in [-0.2, 0) is 47.6 Å². The standard InChI is InChI=1S/C15H18O7.C15H16O6/c1-12(2,18)6-7-10(16)20-8(6)9-13(3)14(7,19)4-5-15(13,22-5)11(17)21-9;1-5(2)7-8-11(16)19-9(7)10-13(3)14(8,18)4-6-15(13,21-6)12(17)20-10/h5-9,18-19H,4H2,1-3H3;6-10,18H,1,4H2,2-3H3/t5-,6+,7+,8+,9-,13?,14-,15+;6-,7+,8+,9+,10-,13?,14-,15+/m11/s1. The van der Waals surface area contributed by atoms with Crippen molar-refractivity contribution < 1.29 is 62.9 Å². The minimum Gasteiger partial charge on any atom is -0.458 e. The molecular weight excluding hydrogens is 568 g/mol. The predicted molar refractivity (Wildman–Crippen MR) is 135 cm³/mol. The molecule has 6 heterocycles. The second-order valence-corrected chi connectivity index (χ2v) is 15.3. The number of carbonyl (C=O) groups excluding carboxylic acids is 4. The minimum absolute atomic E-state index is 0.189. The number of hydrogen-bond acceptors (Lipinski definition) is 13. The molecule has 16 atom stereocenters. The molecule has 10 aliphatic rings. The number of hydrogen-bond donors (Lipinski definition) is 3. The van der Waals surface area contributed by atoms with Crippen LogP contribution in [0.25, 0.3) is 0 Å². The number of fused-ring (bicyclic) bond motifs is 8. The molecule has 6 saturated heterocycles. The van der Waals surface area contributed by atoms with E-state index in [1.54, 1.807) is 27.7 Å². The number of epoxide rings is 2. The van der Waals surface area contributed by atoms with Crippen molar-refractivity contribution in [2.24, 2.45) is 34.5 Å². The highest BCUT2D eigenvalue weighted by Crippen LogP contribution is 2.78. The van der Waals surface area contributed by atoms with Crippen molar-refractivity contribution in [3.63, 3.8) is 0 Å². The van der Waals surface area contributed by atoms with Crippen molar-refractivity contribution in [1.82, 2.24) is 0 Å². The van der Waals surface area contributed by atoms with Gasteiger partial charge in [0.15, 0.2) is 12.2 Å². The number of ether oxygens (including phenoxy) is 6. The lowest BCUT2D eigenvalue weighted by Crippen LogP contribution is -2.68. The van der Waals surface area contributed by atoms with Gasteiger partial charge in [0.05, 0.1) is 39.5 Å². The maximum absolute atomic E-state index is 12.4. The van der Waals surface area contributed by atoms with Gasteiger partial charge in [0.2, 0.25) is 11.2 Å². The molecule has 0 amide bonds. The highest BCUT2D eigenvalue weighted by molar-refractivity contribution is 5.92. The van der Waals surface area contributed by atoms with E-state index in [1.165, 1.54) is 0 Å². The van der Waals surface area contributed by atoms with Gasteiger partial charge in [-0.2, -0.15) is 0 Å². The zero-order chi connectivity index (χ0) is 30.8. The second kappa shape index (κ2) is 6.81. The van der Waals surface area contributed by atoms with Gasteiger partial charge >= 0.3 is 23.9 Å². The molecule has 43 heavy (non-hydrogen) atoms. The highest BCUT2D eigenvalue weighted by Gasteiger charge is 2.97. The molecule has 4 saturated carbocycles. The number of carbonyl (C=O) groups is 4. The summed E-state index contributed by atoms with van der Waals surface area (Å²) in [6.45, 7) is 12.5. The number of aliphatic hydroxyl groups is 3. The molecule has 0 radical (unpaired) electrons. The molecule has 0 aromatic rings. The van der Waals surface area contributed by atoms with Crippen molar-refractivity contribution in [3.8, 4) is 0 Å². The van der Waals surface area contributed by atoms with E-state index in [1.807, 2.05) is 6.92 Å². The summed E-state index contributed by atoms with van der Waals surface area (Å²) in [5, 5.41) is 33.3. The van der Waals surface area contributed by atoms with Crippen molar-refractivity contribution in [1.29, 1.82) is 0 Å². The van der Waals surface area contributed by atoms with Crippen LogP contribution in [0.2, 0.25) is 0 Å². The average Bonchev–Trinajstić information content (AvgIpc) is 3.58. The second-order valence-electron chi connectivity index (χ2n) is 15.3. The molecule has 10 fully saturated rings. The van der Waals surface area contributed by atoms with Gasteiger partial charge in [-0.3, -0.25) is 9.59 Å². The molecule has 2 unspecified atom stereocenters. The third kappa shape index (κ3) is 2.29. The molecule has 3 N–H and O–H groups in total. The number of esters is 4. The third-order valence-electron chi connectivity index (χ3n) is 13.4. The van der Waals surface area contributed by atoms with E-state index in [2.05, 4.69) is 6.58 Å². The van der Waals surface area contributed by atoms with E-state index in [0.717, 1.165) is 5.57 Å². The predicted octanol–water partition coefficient (Wildman–Crippen LogP) is -0.929. The first-order valence-electron chi connectivity index (χ1n) is 14.9. The summed E-state index contributed by atoms with van der Waals surface area (Å²) in [5.74, 6) is -4.37. The van der Waals surface area contributed by atoms with Gasteiger partial charge in [-0.05, 0) is 34.6 Å². The normalized spacial score (nSPS) is 61.3. The van der Waals surface area contributed by atoms with Crippen molar-refractivity contribution >= 4 is 23.9 Å². The zero-order valence-electron chi connectivity index (χ0n) is 24.3. The Morgan fingerprint density at radius 2 is 1.23 bits per heavy atom. The maximum atomic E-state index is 12.4. The minimum atomic E-state index is -1.47. The van der Waals surface area contributed by atoms with Crippen LogP contribution < -0.4 is 0 Å². The van der Waals surface area contributed by atoms with Crippen LogP contribution in [0, 0.1) is 34.5 Å². The highest BCUT2D eigenvalue weighted by atomic mass is 16.7. The summed E-state index contributed by atoms with van der Waals surface area (Å²) in [6, 6.07) is 0. The van der Waals surface area contributed by atoms with E-state index >= 15 is 0 Å². The van der Waals surface area contributed by atoms with Crippen LogP contribution in [0.15, 0.2) is 12.2 Å². The topological polar surface area (TPSA) is 191 Å². The smallest absolute Gasteiger partial charge is 0.342 e. The molecule has 13 nitrogen and oxygen atoms in total. The fourth-order valence-electron chi connectivity index (χ4n) is 11.4. The Bertz CT molecular complexity index is 1500. The van der Waals surface area contributed by atoms with E-state index in [0.29, 0.717) is 0 Å². The maximum Gasteiger partial charge on any atom is 0.342 e. The zero-order valence-corrected chi connectivity index (χ0v) is 24.3. The lowest BCUT2D eigenvalue weighted by atomic mass is 9.52. The molecule has 2 spiro atoms. The van der Waals surface area contributed by atoms with E-state index in [4.69, 9.17) is 28.4 Å². The molecular formula is C30H34O13. The summed E-state index contributed by atoms with van der Waals surface area (Å²) in [6.07, 6.45) is -3.12. The monoisotopic (exact) mass is 602 g/mol. The molecule has 4 bridgehead atoms. The Morgan fingerprint density at radius 1 is 0.791 bits per heavy atom. The van der Waals surface area contributed by atoms with Crippen LogP contribution in [0.3, 0.4) is 0 Å². The molecule has 13 heteroatoms. The van der Waals surface area contributed by atoms with Crippen LogP contribution in [0.4, 0.5) is 0 Å². The summed E-state index contributed by atoms with van der Waals surface area (Å²) >= 11 is 0. The van der Waals surface area contributed by atoms with Crippen LogP contribution in [0.1, 0.15) is 47.5 Å². The van der Waals surface area contributed by atoms with Crippen molar-refractivity contribution in [2.75, 3.05) is 0 Å². The van der Waals surface area contributed by atoms with Gasteiger partial charge in [-0.1, -0.05) is 12.2 Å². The lowest BCUT2D eigenvalue weighted by Gasteiger charge is -2.53. The molecule has 0 aromatic heterocycles. The first kappa shape index (κ1) is 26.8. The molecule has 232 valence electrons. The molecule has 10 rings (SSSR count). The Balaban J connectivity index is 0.000000121.